The van der Waals surface area contributed by atoms with Gasteiger partial charge in [0.2, 0.25) is 5.91 Å². The van der Waals surface area contributed by atoms with Crippen molar-refractivity contribution in [2.45, 2.75) is 193 Å². The van der Waals surface area contributed by atoms with Gasteiger partial charge in [-0.2, -0.15) is 0 Å². The molecule has 0 radical (unpaired) electrons. The molecular formula is C42H75NO4. The van der Waals surface area contributed by atoms with E-state index in [2.05, 4.69) is 67.8 Å². The maximum absolute atomic E-state index is 12.4. The Bertz CT molecular complexity index is 815. The number of aliphatic hydroxyl groups excluding tert-OH is 3. The second-order valence-corrected chi connectivity index (χ2v) is 13.2. The average Bonchev–Trinajstić information content (AvgIpc) is 3.06. The normalized spacial score (nSPS) is 14.4. The Kier molecular flexibility index (Phi) is 35.3. The molecule has 272 valence electrons. The van der Waals surface area contributed by atoms with Crippen molar-refractivity contribution < 1.29 is 20.1 Å². The van der Waals surface area contributed by atoms with Crippen molar-refractivity contribution in [3.05, 3.63) is 60.8 Å². The van der Waals surface area contributed by atoms with Gasteiger partial charge < -0.3 is 20.6 Å². The number of carbonyl (C=O) groups is 1. The molecule has 0 aliphatic carbocycles. The first-order valence-corrected chi connectivity index (χ1v) is 19.6. The summed E-state index contributed by atoms with van der Waals surface area (Å²) in [5.41, 5.74) is 0. The van der Waals surface area contributed by atoms with E-state index in [-0.39, 0.29) is 18.9 Å². The lowest BCUT2D eigenvalue weighted by Crippen LogP contribution is -2.45. The Hall–Kier alpha value is -1.95. The summed E-state index contributed by atoms with van der Waals surface area (Å²) in [5, 5.41) is 33.0. The van der Waals surface area contributed by atoms with E-state index >= 15 is 0 Å². The number of rotatable bonds is 34. The SMILES string of the molecule is CCCCC/C=C\C=C/CCCCCCC(O)CC(=O)NC(CO)C(O)/C=C/CC/C=C/CC/C=C/CCCCCCCCCCC. The van der Waals surface area contributed by atoms with Gasteiger partial charge in [-0.15, -0.1) is 0 Å². The highest BCUT2D eigenvalue weighted by molar-refractivity contribution is 5.76. The lowest BCUT2D eigenvalue weighted by atomic mass is 10.0. The van der Waals surface area contributed by atoms with Crippen LogP contribution in [-0.4, -0.2) is 46.1 Å². The van der Waals surface area contributed by atoms with E-state index < -0.39 is 18.2 Å². The van der Waals surface area contributed by atoms with Crippen LogP contribution < -0.4 is 5.32 Å². The van der Waals surface area contributed by atoms with Crippen molar-refractivity contribution >= 4 is 5.91 Å². The molecule has 47 heavy (non-hydrogen) atoms. The minimum atomic E-state index is -0.966. The van der Waals surface area contributed by atoms with Crippen LogP contribution in [0.5, 0.6) is 0 Å². The summed E-state index contributed by atoms with van der Waals surface area (Å²) >= 11 is 0. The highest BCUT2D eigenvalue weighted by Gasteiger charge is 2.20. The van der Waals surface area contributed by atoms with Crippen molar-refractivity contribution in [1.82, 2.24) is 5.32 Å². The Balaban J connectivity index is 3.84. The lowest BCUT2D eigenvalue weighted by Gasteiger charge is -2.20. The molecule has 1 amide bonds. The number of amides is 1. The first-order chi connectivity index (χ1) is 23.0. The monoisotopic (exact) mass is 658 g/mol. The van der Waals surface area contributed by atoms with Crippen LogP contribution in [0.2, 0.25) is 0 Å². The first kappa shape index (κ1) is 45.0. The zero-order chi connectivity index (χ0) is 34.5. The largest absolute Gasteiger partial charge is 0.394 e. The fraction of sp³-hybridized carbons (Fsp3) is 0.738. The molecule has 0 aliphatic heterocycles. The van der Waals surface area contributed by atoms with Crippen molar-refractivity contribution in [2.75, 3.05) is 6.61 Å². The van der Waals surface area contributed by atoms with Gasteiger partial charge in [0.05, 0.1) is 31.3 Å². The standard InChI is InChI=1S/C42H75NO4/c1-3-5-7-9-11-13-15-17-18-19-20-21-22-24-26-28-30-32-34-36-41(46)40(38-44)43-42(47)37-39(45)35-33-31-29-27-25-23-16-14-12-10-8-6-4-2/h12,14,16,20-21,23,26,28,34,36,39-41,44-46H,3-11,13,15,17-19,22,24-25,27,29-33,35,37-38H2,1-2H3,(H,43,47)/b14-12-,21-20+,23-16-,28-26+,36-34+. The summed E-state index contributed by atoms with van der Waals surface area (Å²) in [4.78, 5) is 12.4. The van der Waals surface area contributed by atoms with Crippen LogP contribution in [0.25, 0.3) is 0 Å². The van der Waals surface area contributed by atoms with Gasteiger partial charge in [-0.05, 0) is 70.6 Å². The molecule has 0 aliphatic rings. The van der Waals surface area contributed by atoms with Crippen LogP contribution in [0.15, 0.2) is 60.8 Å². The first-order valence-electron chi connectivity index (χ1n) is 19.6. The van der Waals surface area contributed by atoms with Crippen LogP contribution >= 0.6 is 0 Å². The lowest BCUT2D eigenvalue weighted by molar-refractivity contribution is -0.124. The maximum Gasteiger partial charge on any atom is 0.222 e. The number of aliphatic hydroxyl groups is 3. The smallest absolute Gasteiger partial charge is 0.222 e. The van der Waals surface area contributed by atoms with Crippen molar-refractivity contribution in [3.8, 4) is 0 Å². The Morgan fingerprint density at radius 3 is 1.53 bits per heavy atom. The number of hydrogen-bond donors (Lipinski definition) is 4. The molecule has 3 unspecified atom stereocenters. The van der Waals surface area contributed by atoms with Crippen LogP contribution in [0, 0.1) is 0 Å². The average molecular weight is 658 g/mol. The van der Waals surface area contributed by atoms with Gasteiger partial charge in [0, 0.05) is 0 Å². The van der Waals surface area contributed by atoms with Crippen LogP contribution in [0.4, 0.5) is 0 Å². The van der Waals surface area contributed by atoms with Crippen molar-refractivity contribution in [2.24, 2.45) is 0 Å². The minimum Gasteiger partial charge on any atom is -0.394 e. The third-order valence-corrected chi connectivity index (χ3v) is 8.53. The van der Waals surface area contributed by atoms with E-state index in [9.17, 15) is 20.1 Å². The second-order valence-electron chi connectivity index (χ2n) is 13.2. The fourth-order valence-corrected chi connectivity index (χ4v) is 5.48. The van der Waals surface area contributed by atoms with Crippen LogP contribution in [0.3, 0.4) is 0 Å². The van der Waals surface area contributed by atoms with E-state index in [1.807, 2.05) is 6.08 Å². The molecule has 5 nitrogen and oxygen atoms in total. The zero-order valence-corrected chi connectivity index (χ0v) is 30.6. The van der Waals surface area contributed by atoms with Gasteiger partial charge in [-0.25, -0.2) is 0 Å². The van der Waals surface area contributed by atoms with Crippen LogP contribution in [0.1, 0.15) is 174 Å². The Morgan fingerprint density at radius 2 is 0.979 bits per heavy atom. The Morgan fingerprint density at radius 1 is 0.553 bits per heavy atom. The predicted molar refractivity (Wildman–Crippen MR) is 204 cm³/mol. The molecule has 0 fully saturated rings. The molecule has 0 saturated heterocycles. The summed E-state index contributed by atoms with van der Waals surface area (Å²) in [7, 11) is 0. The summed E-state index contributed by atoms with van der Waals surface area (Å²) < 4.78 is 0. The molecule has 5 heteroatoms. The molecule has 0 spiro atoms. The quantitative estimate of drug-likeness (QED) is 0.0315. The third kappa shape index (κ3) is 33.7. The molecule has 3 atom stereocenters. The number of carbonyl (C=O) groups excluding carboxylic acids is 1. The molecule has 0 aromatic carbocycles. The highest BCUT2D eigenvalue weighted by Crippen LogP contribution is 2.12. The van der Waals surface area contributed by atoms with Gasteiger partial charge in [0.25, 0.3) is 0 Å². The van der Waals surface area contributed by atoms with Crippen LogP contribution in [-0.2, 0) is 4.79 Å². The molecule has 0 heterocycles. The van der Waals surface area contributed by atoms with E-state index in [1.165, 1.54) is 83.5 Å². The number of hydrogen-bond acceptors (Lipinski definition) is 4. The maximum atomic E-state index is 12.4. The summed E-state index contributed by atoms with van der Waals surface area (Å²) in [6.45, 7) is 4.13. The molecule has 0 rings (SSSR count). The van der Waals surface area contributed by atoms with E-state index in [4.69, 9.17) is 0 Å². The number of unbranched alkanes of at least 4 members (excludes halogenated alkanes) is 18. The molecule has 0 aromatic heterocycles. The minimum absolute atomic E-state index is 0.0144. The van der Waals surface area contributed by atoms with Crippen molar-refractivity contribution in [3.63, 3.8) is 0 Å². The second kappa shape index (κ2) is 36.9. The highest BCUT2D eigenvalue weighted by atomic mass is 16.3. The molecule has 0 saturated carbocycles. The zero-order valence-electron chi connectivity index (χ0n) is 30.6. The summed E-state index contributed by atoms with van der Waals surface area (Å²) in [6, 6.07) is -0.775. The molecule has 0 aromatic rings. The fourth-order valence-electron chi connectivity index (χ4n) is 5.48. The predicted octanol–water partition coefficient (Wildman–Crippen LogP) is 10.8. The van der Waals surface area contributed by atoms with Crippen molar-refractivity contribution in [1.29, 1.82) is 0 Å². The molecule has 4 N–H and O–H groups in total. The van der Waals surface area contributed by atoms with Gasteiger partial charge >= 0.3 is 0 Å². The van der Waals surface area contributed by atoms with Gasteiger partial charge in [0.15, 0.2) is 0 Å². The van der Waals surface area contributed by atoms with Gasteiger partial charge in [-0.1, -0.05) is 158 Å². The molecular weight excluding hydrogens is 582 g/mol. The van der Waals surface area contributed by atoms with E-state index in [1.54, 1.807) is 6.08 Å². The topological polar surface area (TPSA) is 89.8 Å². The number of nitrogens with one attached hydrogen (secondary N) is 1. The van der Waals surface area contributed by atoms with Gasteiger partial charge in [0.1, 0.15) is 0 Å². The van der Waals surface area contributed by atoms with E-state index in [0.717, 1.165) is 64.2 Å². The van der Waals surface area contributed by atoms with E-state index in [0.29, 0.717) is 6.42 Å². The number of allylic oxidation sites excluding steroid dienone is 9. The third-order valence-electron chi connectivity index (χ3n) is 8.53. The Labute approximate surface area is 290 Å². The van der Waals surface area contributed by atoms with Gasteiger partial charge in [-0.3, -0.25) is 4.79 Å². The summed E-state index contributed by atoms with van der Waals surface area (Å²) in [6.07, 6.45) is 47.8. The summed E-state index contributed by atoms with van der Waals surface area (Å²) in [5.74, 6) is -0.345. The molecule has 0 bridgehead atoms.